The second-order valence-electron chi connectivity index (χ2n) is 11.0. The summed E-state index contributed by atoms with van der Waals surface area (Å²) in [6.07, 6.45) is 5.82. The first-order valence-corrected chi connectivity index (χ1v) is 14.3. The van der Waals surface area contributed by atoms with Crippen molar-refractivity contribution in [2.24, 2.45) is 5.92 Å². The van der Waals surface area contributed by atoms with Gasteiger partial charge in [0.25, 0.3) is 12.3 Å². The molecule has 2 heterocycles. The Morgan fingerprint density at radius 1 is 1.00 bits per heavy atom. The Morgan fingerprint density at radius 2 is 1.73 bits per heavy atom. The Labute approximate surface area is 236 Å². The number of rotatable bonds is 6. The van der Waals surface area contributed by atoms with Crippen molar-refractivity contribution in [1.29, 1.82) is 0 Å². The predicted molar refractivity (Wildman–Crippen MR) is 152 cm³/mol. The van der Waals surface area contributed by atoms with E-state index in [4.69, 9.17) is 11.6 Å². The number of fused-ring (bicyclic) bond motifs is 2. The molecule has 0 bridgehead atoms. The number of aromatic nitrogens is 3. The van der Waals surface area contributed by atoms with E-state index in [1.54, 1.807) is 0 Å². The number of imidazole rings is 1. The van der Waals surface area contributed by atoms with E-state index in [0.29, 0.717) is 19.4 Å². The van der Waals surface area contributed by atoms with Gasteiger partial charge in [-0.05, 0) is 98.7 Å². The first-order chi connectivity index (χ1) is 19.4. The minimum Gasteiger partial charge on any atom is -0.349 e. The molecule has 1 fully saturated rings. The summed E-state index contributed by atoms with van der Waals surface area (Å²) >= 11 is 5.91. The highest BCUT2D eigenvalue weighted by Gasteiger charge is 2.27. The normalized spacial score (nSPS) is 19.1. The van der Waals surface area contributed by atoms with E-state index in [0.717, 1.165) is 48.6 Å². The van der Waals surface area contributed by atoms with Crippen LogP contribution in [-0.2, 0) is 19.4 Å². The van der Waals surface area contributed by atoms with Crippen LogP contribution in [0.15, 0.2) is 59.5 Å². The van der Waals surface area contributed by atoms with Crippen LogP contribution < -0.4 is 11.0 Å². The fourth-order valence-electron chi connectivity index (χ4n) is 6.31. The number of aryl methyl sites for hydroxylation is 2. The second-order valence-corrected chi connectivity index (χ2v) is 11.4. The van der Waals surface area contributed by atoms with Crippen molar-refractivity contribution in [2.45, 2.75) is 70.4 Å². The lowest BCUT2D eigenvalue weighted by Gasteiger charge is -2.29. The van der Waals surface area contributed by atoms with Gasteiger partial charge in [0.2, 0.25) is 0 Å². The van der Waals surface area contributed by atoms with Crippen LogP contribution >= 0.6 is 11.6 Å². The third-order valence-corrected chi connectivity index (χ3v) is 8.59. The van der Waals surface area contributed by atoms with Gasteiger partial charge in [0.15, 0.2) is 0 Å². The molecule has 0 aliphatic heterocycles. The number of halogens is 3. The van der Waals surface area contributed by atoms with E-state index in [1.807, 2.05) is 33.4 Å². The molecule has 9 heteroatoms. The lowest BCUT2D eigenvalue weighted by atomic mass is 9.85. The van der Waals surface area contributed by atoms with Crippen LogP contribution in [0.4, 0.5) is 8.78 Å². The van der Waals surface area contributed by atoms with E-state index >= 15 is 0 Å². The highest BCUT2D eigenvalue weighted by molar-refractivity contribution is 6.30. The Morgan fingerprint density at radius 3 is 2.48 bits per heavy atom. The second kappa shape index (κ2) is 11.2. The molecule has 6 nitrogen and oxygen atoms in total. The summed E-state index contributed by atoms with van der Waals surface area (Å²) in [6, 6.07) is 15.4. The number of hydrogen-bond donors (Lipinski definition) is 1. The van der Waals surface area contributed by atoms with Gasteiger partial charge in [0.1, 0.15) is 5.69 Å². The first-order valence-electron chi connectivity index (χ1n) is 14.0. The molecule has 6 rings (SSSR count). The van der Waals surface area contributed by atoms with E-state index < -0.39 is 18.0 Å². The largest absolute Gasteiger partial charge is 0.349 e. The summed E-state index contributed by atoms with van der Waals surface area (Å²) in [5.41, 5.74) is 4.64. The van der Waals surface area contributed by atoms with Crippen LogP contribution in [-0.4, -0.2) is 26.1 Å². The van der Waals surface area contributed by atoms with Crippen LogP contribution in [0.5, 0.6) is 0 Å². The van der Waals surface area contributed by atoms with Crippen LogP contribution in [0.1, 0.15) is 72.1 Å². The zero-order valence-electron chi connectivity index (χ0n) is 22.1. The molecular weight excluding hydrogens is 534 g/mol. The Balaban J connectivity index is 1.18. The molecule has 208 valence electrons. The number of carbonyl (C=O) groups excluding carboxylic acids is 1. The van der Waals surface area contributed by atoms with Gasteiger partial charge in [-0.25, -0.2) is 13.6 Å². The summed E-state index contributed by atoms with van der Waals surface area (Å²) in [5, 5.41) is 3.03. The molecule has 0 unspecified atom stereocenters. The van der Waals surface area contributed by atoms with Gasteiger partial charge in [-0.3, -0.25) is 18.9 Å². The standard InChI is InChI=1S/C31H31ClF2N4O2/c32-22-16-25(28(29(33)34)35-17-22)30(39)36-23-12-9-19(10-13-23)18-37-26-7-3-4-8-27(26)38(31(37)40)24-14-11-20-5-1-2-6-21(20)15-24/h3-4,7-8,11,14-17,19,23,29H,1-2,5-6,9-10,12-13,18H2,(H,36,39). The molecule has 2 aliphatic carbocycles. The average Bonchev–Trinajstić information content (AvgIpc) is 3.24. The van der Waals surface area contributed by atoms with E-state index in [1.165, 1.54) is 30.0 Å². The zero-order chi connectivity index (χ0) is 27.8. The molecule has 0 saturated heterocycles. The number of nitrogens with zero attached hydrogens (tertiary/aromatic N) is 3. The molecule has 0 atom stereocenters. The minimum atomic E-state index is -2.87. The lowest BCUT2D eigenvalue weighted by Crippen LogP contribution is -2.39. The van der Waals surface area contributed by atoms with Gasteiger partial charge in [-0.2, -0.15) is 0 Å². The average molecular weight is 565 g/mol. The van der Waals surface area contributed by atoms with Crippen LogP contribution in [0.25, 0.3) is 16.7 Å². The summed E-state index contributed by atoms with van der Waals surface area (Å²) in [4.78, 5) is 30.2. The molecule has 0 radical (unpaired) electrons. The molecule has 2 aromatic carbocycles. The number of hydrogen-bond acceptors (Lipinski definition) is 3. The van der Waals surface area contributed by atoms with Gasteiger partial charge in [-0.15, -0.1) is 0 Å². The maximum Gasteiger partial charge on any atom is 0.333 e. The van der Waals surface area contributed by atoms with Gasteiger partial charge >= 0.3 is 5.69 Å². The molecule has 2 aliphatic rings. The van der Waals surface area contributed by atoms with Crippen molar-refractivity contribution in [3.8, 4) is 5.69 Å². The molecule has 4 aromatic rings. The summed E-state index contributed by atoms with van der Waals surface area (Å²) in [6.45, 7) is 0.589. The molecule has 1 N–H and O–H groups in total. The fraction of sp³-hybridized carbons (Fsp3) is 0.387. The maximum absolute atomic E-state index is 13.8. The third kappa shape index (κ3) is 5.17. The first kappa shape index (κ1) is 26.7. The molecule has 0 spiro atoms. The monoisotopic (exact) mass is 564 g/mol. The van der Waals surface area contributed by atoms with Gasteiger partial charge in [-0.1, -0.05) is 29.8 Å². The molecule has 2 aromatic heterocycles. The fourth-order valence-corrected chi connectivity index (χ4v) is 6.47. The van der Waals surface area contributed by atoms with Crippen molar-refractivity contribution in [1.82, 2.24) is 19.4 Å². The van der Waals surface area contributed by atoms with Crippen molar-refractivity contribution >= 4 is 28.5 Å². The van der Waals surface area contributed by atoms with E-state index in [9.17, 15) is 18.4 Å². The van der Waals surface area contributed by atoms with E-state index in [2.05, 4.69) is 28.5 Å². The number of para-hydroxylation sites is 2. The zero-order valence-corrected chi connectivity index (χ0v) is 22.8. The van der Waals surface area contributed by atoms with Crippen molar-refractivity contribution in [3.05, 3.63) is 92.6 Å². The Hall–Kier alpha value is -3.52. The minimum absolute atomic E-state index is 0.0413. The van der Waals surface area contributed by atoms with E-state index in [-0.39, 0.29) is 28.2 Å². The van der Waals surface area contributed by atoms with Crippen molar-refractivity contribution in [3.63, 3.8) is 0 Å². The van der Waals surface area contributed by atoms with Gasteiger partial charge in [0.05, 0.1) is 27.3 Å². The number of carbonyl (C=O) groups is 1. The van der Waals surface area contributed by atoms with Crippen LogP contribution in [0.2, 0.25) is 5.02 Å². The molecule has 1 saturated carbocycles. The maximum atomic E-state index is 13.8. The molecular formula is C31H31ClF2N4O2. The highest BCUT2D eigenvalue weighted by atomic mass is 35.5. The molecule has 1 amide bonds. The smallest absolute Gasteiger partial charge is 0.333 e. The number of amides is 1. The number of benzene rings is 2. The highest BCUT2D eigenvalue weighted by Crippen LogP contribution is 2.30. The third-order valence-electron chi connectivity index (χ3n) is 8.39. The van der Waals surface area contributed by atoms with Crippen LogP contribution in [0, 0.1) is 5.92 Å². The summed E-state index contributed by atoms with van der Waals surface area (Å²) in [5.74, 6) is -0.323. The SMILES string of the molecule is O=C(NC1CCC(Cn2c(=O)n(-c3ccc4c(c3)CCCC4)c3ccccc32)CC1)c1cc(Cl)cnc1C(F)F. The van der Waals surface area contributed by atoms with Crippen molar-refractivity contribution in [2.75, 3.05) is 0 Å². The van der Waals surface area contributed by atoms with Crippen molar-refractivity contribution < 1.29 is 13.6 Å². The lowest BCUT2D eigenvalue weighted by molar-refractivity contribution is 0.0904. The predicted octanol–water partition coefficient (Wildman–Crippen LogP) is 6.65. The number of alkyl halides is 2. The van der Waals surface area contributed by atoms with Gasteiger partial charge in [0, 0.05) is 18.8 Å². The summed E-state index contributed by atoms with van der Waals surface area (Å²) in [7, 11) is 0. The molecule has 40 heavy (non-hydrogen) atoms. The number of pyridine rings is 1. The topological polar surface area (TPSA) is 68.9 Å². The van der Waals surface area contributed by atoms with Gasteiger partial charge < -0.3 is 5.32 Å². The number of nitrogens with one attached hydrogen (secondary N) is 1. The quantitative estimate of drug-likeness (QED) is 0.285. The van der Waals surface area contributed by atoms with Crippen LogP contribution in [0.3, 0.4) is 0 Å². The summed E-state index contributed by atoms with van der Waals surface area (Å²) < 4.78 is 30.4. The Kier molecular flexibility index (Phi) is 7.45. The Bertz CT molecular complexity index is 1620.